The van der Waals surface area contributed by atoms with Gasteiger partial charge in [-0.1, -0.05) is 6.92 Å². The summed E-state index contributed by atoms with van der Waals surface area (Å²) in [4.78, 5) is 0. The quantitative estimate of drug-likeness (QED) is 0.899. The molecule has 0 amide bonds. The molecule has 1 unspecified atom stereocenters. The van der Waals surface area contributed by atoms with Crippen molar-refractivity contribution in [2.45, 2.75) is 18.6 Å². The third-order valence-corrected chi connectivity index (χ3v) is 3.94. The van der Waals surface area contributed by atoms with Crippen LogP contribution in [-0.2, 0) is 10.0 Å². The molecule has 1 aromatic rings. The van der Waals surface area contributed by atoms with Crippen LogP contribution in [0.4, 0.5) is 10.1 Å². The summed E-state index contributed by atoms with van der Waals surface area (Å²) in [5, 5.41) is 16.1. The first kappa shape index (κ1) is 13.9. The molecule has 94 valence electrons. The van der Waals surface area contributed by atoms with Crippen LogP contribution in [-0.4, -0.2) is 13.7 Å². The molecule has 7 heteroatoms. The number of rotatable bonds is 4. The molecule has 0 aliphatic heterocycles. The van der Waals surface area contributed by atoms with Gasteiger partial charge in [-0.2, -0.15) is 10.5 Å². The summed E-state index contributed by atoms with van der Waals surface area (Å²) in [6, 6.07) is 6.53. The Morgan fingerprint density at radius 2 is 2.11 bits per heavy atom. The van der Waals surface area contributed by atoms with Crippen molar-refractivity contribution < 1.29 is 12.8 Å². The lowest BCUT2D eigenvalue weighted by molar-refractivity contribution is 0.592. The minimum absolute atomic E-state index is 0.0571. The van der Waals surface area contributed by atoms with Gasteiger partial charge in [0.05, 0.1) is 17.3 Å². The van der Waals surface area contributed by atoms with Crippen molar-refractivity contribution in [1.82, 2.24) is 0 Å². The van der Waals surface area contributed by atoms with Gasteiger partial charge in [-0.3, -0.25) is 4.72 Å². The van der Waals surface area contributed by atoms with Gasteiger partial charge in [0.2, 0.25) is 10.0 Å². The molecule has 0 saturated carbocycles. The highest BCUT2D eigenvalue weighted by atomic mass is 32.2. The first-order chi connectivity index (χ1) is 8.44. The van der Waals surface area contributed by atoms with Gasteiger partial charge in [0.25, 0.3) is 0 Å². The summed E-state index contributed by atoms with van der Waals surface area (Å²) in [6.07, 6.45) is 0.137. The van der Waals surface area contributed by atoms with E-state index in [1.54, 1.807) is 19.1 Å². The van der Waals surface area contributed by atoms with E-state index in [0.717, 1.165) is 12.1 Å². The van der Waals surface area contributed by atoms with Crippen molar-refractivity contribution in [2.75, 3.05) is 4.72 Å². The van der Waals surface area contributed by atoms with Gasteiger partial charge >= 0.3 is 0 Å². The molecule has 1 atom stereocenters. The maximum atomic E-state index is 13.0. The molecule has 1 rings (SSSR count). The number of nitrogens with zero attached hydrogens (tertiary/aromatic N) is 2. The van der Waals surface area contributed by atoms with E-state index in [1.807, 2.05) is 0 Å². The molecule has 0 fully saturated rings. The number of nitrogens with one attached hydrogen (secondary N) is 1. The molecule has 0 bridgehead atoms. The summed E-state index contributed by atoms with van der Waals surface area (Å²) < 4.78 is 38.7. The van der Waals surface area contributed by atoms with Crippen LogP contribution in [0.15, 0.2) is 18.2 Å². The molecule has 18 heavy (non-hydrogen) atoms. The molecular weight excluding hydrogens is 257 g/mol. The van der Waals surface area contributed by atoms with Crippen molar-refractivity contribution in [3.8, 4) is 12.1 Å². The van der Waals surface area contributed by atoms with Crippen molar-refractivity contribution in [1.29, 1.82) is 10.5 Å². The predicted molar refractivity (Wildman–Crippen MR) is 63.3 cm³/mol. The largest absolute Gasteiger partial charge is 0.282 e. The molecule has 0 aromatic heterocycles. The van der Waals surface area contributed by atoms with Crippen LogP contribution >= 0.6 is 0 Å². The highest BCUT2D eigenvalue weighted by Crippen LogP contribution is 2.17. The molecule has 0 aliphatic rings. The third-order valence-electron chi connectivity index (χ3n) is 2.24. The fourth-order valence-corrected chi connectivity index (χ4v) is 2.47. The highest BCUT2D eigenvalue weighted by Gasteiger charge is 2.23. The van der Waals surface area contributed by atoms with Crippen LogP contribution in [0, 0.1) is 28.5 Å². The van der Waals surface area contributed by atoms with Crippen LogP contribution in [0.2, 0.25) is 0 Å². The van der Waals surface area contributed by atoms with E-state index in [4.69, 9.17) is 10.5 Å². The number of hydrogen-bond donors (Lipinski definition) is 1. The lowest BCUT2D eigenvalue weighted by atomic mass is 10.2. The molecule has 0 saturated heterocycles. The molecule has 5 nitrogen and oxygen atoms in total. The zero-order chi connectivity index (χ0) is 13.8. The zero-order valence-electron chi connectivity index (χ0n) is 9.51. The van der Waals surface area contributed by atoms with E-state index in [2.05, 4.69) is 4.72 Å². The van der Waals surface area contributed by atoms with Gasteiger partial charge in [0.15, 0.2) is 5.25 Å². The average Bonchev–Trinajstić information content (AvgIpc) is 2.32. The van der Waals surface area contributed by atoms with E-state index >= 15 is 0 Å². The Morgan fingerprint density at radius 3 is 2.61 bits per heavy atom. The average molecular weight is 267 g/mol. The van der Waals surface area contributed by atoms with Crippen molar-refractivity contribution >= 4 is 15.7 Å². The molecule has 1 N–H and O–H groups in total. The van der Waals surface area contributed by atoms with Gasteiger partial charge in [0.1, 0.15) is 11.9 Å². The summed E-state index contributed by atoms with van der Waals surface area (Å²) in [6.45, 7) is 1.57. The monoisotopic (exact) mass is 267 g/mol. The number of anilines is 1. The fourth-order valence-electron chi connectivity index (χ4n) is 1.29. The van der Waals surface area contributed by atoms with Gasteiger partial charge in [-0.05, 0) is 24.6 Å². The van der Waals surface area contributed by atoms with E-state index < -0.39 is 21.1 Å². The van der Waals surface area contributed by atoms with Gasteiger partial charge in [-0.25, -0.2) is 12.8 Å². The Balaban J connectivity index is 3.07. The molecular formula is C11H10FN3O2S. The molecule has 0 spiro atoms. The molecule has 1 aromatic carbocycles. The number of hydrogen-bond acceptors (Lipinski definition) is 4. The fraction of sp³-hybridized carbons (Fsp3) is 0.273. The lowest BCUT2D eigenvalue weighted by Gasteiger charge is -2.11. The Hall–Kier alpha value is -2.12. The minimum atomic E-state index is -3.86. The Bertz CT molecular complexity index is 629. The summed E-state index contributed by atoms with van der Waals surface area (Å²) in [7, 11) is -3.86. The number of benzene rings is 1. The number of sulfonamides is 1. The van der Waals surface area contributed by atoms with Gasteiger partial charge < -0.3 is 0 Å². The molecule has 0 radical (unpaired) electrons. The van der Waals surface area contributed by atoms with Crippen LogP contribution in [0.5, 0.6) is 0 Å². The van der Waals surface area contributed by atoms with E-state index in [0.29, 0.717) is 0 Å². The Morgan fingerprint density at radius 1 is 1.44 bits per heavy atom. The van der Waals surface area contributed by atoms with Crippen molar-refractivity contribution in [3.05, 3.63) is 29.6 Å². The topological polar surface area (TPSA) is 93.8 Å². The number of nitriles is 2. The van der Waals surface area contributed by atoms with Crippen LogP contribution in [0.25, 0.3) is 0 Å². The second-order valence-corrected chi connectivity index (χ2v) is 5.34. The second-order valence-electron chi connectivity index (χ2n) is 3.48. The first-order valence-corrected chi connectivity index (χ1v) is 6.60. The lowest BCUT2D eigenvalue weighted by Crippen LogP contribution is -2.26. The van der Waals surface area contributed by atoms with E-state index in [-0.39, 0.29) is 17.7 Å². The summed E-state index contributed by atoms with van der Waals surface area (Å²) >= 11 is 0. The zero-order valence-corrected chi connectivity index (χ0v) is 10.3. The predicted octanol–water partition coefficient (Wildman–Crippen LogP) is 1.74. The SMILES string of the molecule is CCC(C#N)S(=O)(=O)Nc1ccc(F)c(C#N)c1. The van der Waals surface area contributed by atoms with Crippen LogP contribution < -0.4 is 4.72 Å². The third kappa shape index (κ3) is 2.96. The van der Waals surface area contributed by atoms with Crippen LogP contribution in [0.3, 0.4) is 0 Å². The first-order valence-electron chi connectivity index (χ1n) is 5.05. The van der Waals surface area contributed by atoms with Gasteiger partial charge in [0, 0.05) is 0 Å². The van der Waals surface area contributed by atoms with E-state index in [1.165, 1.54) is 6.07 Å². The summed E-state index contributed by atoms with van der Waals surface area (Å²) in [5.41, 5.74) is -0.207. The number of halogens is 1. The maximum Gasteiger partial charge on any atom is 0.249 e. The maximum absolute atomic E-state index is 13.0. The highest BCUT2D eigenvalue weighted by molar-refractivity contribution is 7.93. The molecule has 0 heterocycles. The van der Waals surface area contributed by atoms with Crippen molar-refractivity contribution in [3.63, 3.8) is 0 Å². The Kier molecular flexibility index (Phi) is 4.24. The summed E-state index contributed by atoms with van der Waals surface area (Å²) in [5.74, 6) is -0.729. The minimum Gasteiger partial charge on any atom is -0.282 e. The standard InChI is InChI=1S/C11H10FN3O2S/c1-2-10(7-14)18(16,17)15-9-3-4-11(12)8(5-9)6-13/h3-5,10,15H,2H2,1H3. The van der Waals surface area contributed by atoms with E-state index in [9.17, 15) is 12.8 Å². The Labute approximate surface area is 105 Å². The second kappa shape index (κ2) is 5.48. The normalized spacial score (nSPS) is 12.2. The van der Waals surface area contributed by atoms with Gasteiger partial charge in [-0.15, -0.1) is 0 Å². The van der Waals surface area contributed by atoms with Crippen LogP contribution in [0.1, 0.15) is 18.9 Å². The van der Waals surface area contributed by atoms with Crippen molar-refractivity contribution in [2.24, 2.45) is 0 Å². The molecule has 0 aliphatic carbocycles. The smallest absolute Gasteiger partial charge is 0.249 e.